The topological polar surface area (TPSA) is 102 Å². The Hall–Kier alpha value is -4.27. The van der Waals surface area contributed by atoms with Crippen LogP contribution in [0.25, 0.3) is 5.69 Å². The molecule has 0 aliphatic rings. The van der Waals surface area contributed by atoms with Gasteiger partial charge in [0.1, 0.15) is 17.4 Å². The number of furan rings is 1. The van der Waals surface area contributed by atoms with E-state index in [4.69, 9.17) is 4.42 Å². The summed E-state index contributed by atoms with van der Waals surface area (Å²) in [5.41, 5.74) is 2.42. The molecule has 0 saturated carbocycles. The van der Waals surface area contributed by atoms with Gasteiger partial charge in [0, 0.05) is 5.69 Å². The fraction of sp³-hybridized carbons (Fsp3) is 0.200. The number of rotatable bonds is 6. The predicted octanol–water partition coefficient (Wildman–Crippen LogP) is 5.24. The molecule has 0 aliphatic heterocycles. The van der Waals surface area contributed by atoms with Gasteiger partial charge in [0.2, 0.25) is 5.82 Å². The highest BCUT2D eigenvalue weighted by atomic mass is 19.1. The molecule has 2 N–H and O–H groups in total. The van der Waals surface area contributed by atoms with Gasteiger partial charge in [-0.25, -0.2) is 14.1 Å². The summed E-state index contributed by atoms with van der Waals surface area (Å²) in [6.45, 7) is 7.56. The van der Waals surface area contributed by atoms with Gasteiger partial charge in [-0.05, 0) is 55.7 Å². The van der Waals surface area contributed by atoms with Gasteiger partial charge < -0.3 is 15.1 Å². The minimum atomic E-state index is -0.643. The molecule has 0 unspecified atom stereocenters. The molecule has 8 nitrogen and oxygen atoms in total. The zero-order chi connectivity index (χ0) is 24.4. The fourth-order valence-electron chi connectivity index (χ4n) is 3.58. The Morgan fingerprint density at radius 1 is 1.03 bits per heavy atom. The molecule has 174 valence electrons. The lowest BCUT2D eigenvalue weighted by Crippen LogP contribution is -2.16. The van der Waals surface area contributed by atoms with Gasteiger partial charge in [0.25, 0.3) is 11.8 Å². The van der Waals surface area contributed by atoms with Crippen LogP contribution >= 0.6 is 0 Å². The average Bonchev–Trinajstić information content (AvgIpc) is 3.41. The van der Waals surface area contributed by atoms with Crippen LogP contribution in [0.1, 0.15) is 57.9 Å². The number of aryl methyl sites for hydroxylation is 2. The van der Waals surface area contributed by atoms with Gasteiger partial charge in [-0.15, -0.1) is 5.10 Å². The van der Waals surface area contributed by atoms with Crippen LogP contribution in [-0.2, 0) is 0 Å². The van der Waals surface area contributed by atoms with E-state index in [1.54, 1.807) is 18.5 Å². The Labute approximate surface area is 195 Å². The van der Waals surface area contributed by atoms with E-state index in [9.17, 15) is 14.0 Å². The summed E-state index contributed by atoms with van der Waals surface area (Å²) in [5.74, 6) is -0.516. The monoisotopic (exact) mass is 461 g/mol. The molecule has 2 aromatic carbocycles. The van der Waals surface area contributed by atoms with E-state index in [0.717, 1.165) is 17.3 Å². The molecule has 0 radical (unpaired) electrons. The largest absolute Gasteiger partial charge is 0.469 e. The number of carbonyl (C=O) groups is 2. The molecule has 4 aromatic rings. The van der Waals surface area contributed by atoms with Crippen molar-refractivity contribution < 1.29 is 18.4 Å². The average molecular weight is 461 g/mol. The molecule has 2 aromatic heterocycles. The summed E-state index contributed by atoms with van der Waals surface area (Å²) in [6, 6.07) is 13.2. The number of amides is 2. The number of nitrogens with zero attached hydrogens (tertiary/aromatic N) is 3. The van der Waals surface area contributed by atoms with Crippen molar-refractivity contribution in [2.75, 3.05) is 10.6 Å². The Morgan fingerprint density at radius 3 is 2.50 bits per heavy atom. The minimum absolute atomic E-state index is 0.0278. The molecule has 0 saturated heterocycles. The third-order valence-electron chi connectivity index (χ3n) is 5.33. The third kappa shape index (κ3) is 4.59. The summed E-state index contributed by atoms with van der Waals surface area (Å²) in [6.07, 6.45) is 1.38. The number of hydrogen-bond donors (Lipinski definition) is 2. The third-order valence-corrected chi connectivity index (χ3v) is 5.33. The molecule has 9 heteroatoms. The van der Waals surface area contributed by atoms with Gasteiger partial charge in [-0.2, -0.15) is 0 Å². The molecule has 0 aliphatic carbocycles. The Balaban J connectivity index is 1.55. The maximum atomic E-state index is 14.3. The molecular weight excluding hydrogens is 437 g/mol. The number of aromatic nitrogens is 3. The lowest BCUT2D eigenvalue weighted by atomic mass is 10.0. The summed E-state index contributed by atoms with van der Waals surface area (Å²) in [7, 11) is 0. The zero-order valence-corrected chi connectivity index (χ0v) is 19.2. The molecule has 2 heterocycles. The van der Waals surface area contributed by atoms with Crippen LogP contribution in [0.3, 0.4) is 0 Å². The first-order valence-electron chi connectivity index (χ1n) is 10.7. The number of carbonyl (C=O) groups excluding carboxylic acids is 2. The lowest BCUT2D eigenvalue weighted by Gasteiger charge is -2.12. The lowest BCUT2D eigenvalue weighted by molar-refractivity contribution is 0.101. The van der Waals surface area contributed by atoms with Crippen LogP contribution in [0.15, 0.2) is 59.2 Å². The minimum Gasteiger partial charge on any atom is -0.469 e. The normalized spacial score (nSPS) is 11.0. The van der Waals surface area contributed by atoms with E-state index >= 15 is 0 Å². The molecule has 4 rings (SSSR count). The molecule has 34 heavy (non-hydrogen) atoms. The zero-order valence-electron chi connectivity index (χ0n) is 19.2. The van der Waals surface area contributed by atoms with E-state index < -0.39 is 17.6 Å². The van der Waals surface area contributed by atoms with Crippen molar-refractivity contribution in [3.8, 4) is 5.69 Å². The highest BCUT2D eigenvalue weighted by Gasteiger charge is 2.19. The van der Waals surface area contributed by atoms with Crippen molar-refractivity contribution >= 4 is 23.2 Å². The van der Waals surface area contributed by atoms with Gasteiger partial charge in [0.05, 0.1) is 23.2 Å². The van der Waals surface area contributed by atoms with E-state index in [0.29, 0.717) is 17.1 Å². The molecular formula is C25H24FN5O3. The smallest absolute Gasteiger partial charge is 0.295 e. The first-order valence-corrected chi connectivity index (χ1v) is 10.7. The number of benzene rings is 2. The van der Waals surface area contributed by atoms with E-state index in [2.05, 4.69) is 34.6 Å². The maximum absolute atomic E-state index is 14.3. The van der Waals surface area contributed by atoms with Gasteiger partial charge in [-0.1, -0.05) is 32.0 Å². The summed E-state index contributed by atoms with van der Waals surface area (Å²) >= 11 is 0. The van der Waals surface area contributed by atoms with Crippen molar-refractivity contribution in [2.24, 2.45) is 0 Å². The number of para-hydroxylation sites is 1. The number of hydrogen-bond acceptors (Lipinski definition) is 5. The Bertz CT molecular complexity index is 1370. The fourth-order valence-corrected chi connectivity index (χ4v) is 3.58. The van der Waals surface area contributed by atoms with Gasteiger partial charge in [-0.3, -0.25) is 9.59 Å². The second-order valence-electron chi connectivity index (χ2n) is 8.10. The summed E-state index contributed by atoms with van der Waals surface area (Å²) in [4.78, 5) is 29.5. The SMILES string of the molecule is Cc1occc1C(=O)Nc1cc(NC(=O)c2nc(C)n(-c3ccccc3C(C)C)n2)ccc1F. The number of halogens is 1. The van der Waals surface area contributed by atoms with Crippen LogP contribution in [0.5, 0.6) is 0 Å². The van der Waals surface area contributed by atoms with Crippen LogP contribution in [-0.4, -0.2) is 26.6 Å². The Kier molecular flexibility index (Phi) is 6.27. The van der Waals surface area contributed by atoms with Crippen LogP contribution in [0, 0.1) is 19.7 Å². The van der Waals surface area contributed by atoms with Crippen molar-refractivity contribution in [3.05, 3.63) is 89.1 Å². The molecule has 0 atom stereocenters. The van der Waals surface area contributed by atoms with Crippen LogP contribution in [0.2, 0.25) is 0 Å². The van der Waals surface area contributed by atoms with Crippen molar-refractivity contribution in [2.45, 2.75) is 33.6 Å². The molecule has 0 spiro atoms. The number of nitrogens with one attached hydrogen (secondary N) is 2. The second-order valence-corrected chi connectivity index (χ2v) is 8.10. The summed E-state index contributed by atoms with van der Waals surface area (Å²) in [5, 5.41) is 9.55. The van der Waals surface area contributed by atoms with E-state index in [-0.39, 0.29) is 23.1 Å². The van der Waals surface area contributed by atoms with Gasteiger partial charge in [0.15, 0.2) is 0 Å². The maximum Gasteiger partial charge on any atom is 0.295 e. The molecule has 2 amide bonds. The summed E-state index contributed by atoms with van der Waals surface area (Å²) < 4.78 is 21.0. The first kappa shape index (κ1) is 22.9. The first-order chi connectivity index (χ1) is 16.2. The van der Waals surface area contributed by atoms with Gasteiger partial charge >= 0.3 is 0 Å². The Morgan fingerprint density at radius 2 is 1.79 bits per heavy atom. The van der Waals surface area contributed by atoms with Crippen molar-refractivity contribution in [1.29, 1.82) is 0 Å². The second kappa shape index (κ2) is 9.30. The standard InChI is InChI=1S/C25H24FN5O3/c1-14(2)18-7-5-6-8-22(18)31-16(4)27-23(30-31)25(33)28-17-9-10-20(26)21(13-17)29-24(32)19-11-12-34-15(19)3/h5-14H,1-4H3,(H,28,33)(H,29,32). The van der Waals surface area contributed by atoms with Crippen molar-refractivity contribution in [3.63, 3.8) is 0 Å². The molecule has 0 fully saturated rings. The van der Waals surface area contributed by atoms with E-state index in [1.165, 1.54) is 24.5 Å². The highest BCUT2D eigenvalue weighted by molar-refractivity contribution is 6.06. The molecule has 0 bridgehead atoms. The van der Waals surface area contributed by atoms with E-state index in [1.807, 2.05) is 24.3 Å². The highest BCUT2D eigenvalue weighted by Crippen LogP contribution is 2.24. The van der Waals surface area contributed by atoms with Crippen LogP contribution in [0.4, 0.5) is 15.8 Å². The number of anilines is 2. The quantitative estimate of drug-likeness (QED) is 0.409. The van der Waals surface area contributed by atoms with Crippen molar-refractivity contribution in [1.82, 2.24) is 14.8 Å². The predicted molar refractivity (Wildman–Crippen MR) is 126 cm³/mol. The van der Waals surface area contributed by atoms with Crippen LogP contribution < -0.4 is 10.6 Å².